The highest BCUT2D eigenvalue weighted by Crippen LogP contribution is 2.51. The van der Waals surface area contributed by atoms with Gasteiger partial charge in [-0.1, -0.05) is 116 Å². The maximum absolute atomic E-state index is 5.08. The minimum Gasteiger partial charge on any atom is -0.306 e. The van der Waals surface area contributed by atoms with E-state index in [1.807, 2.05) is 0 Å². The maximum atomic E-state index is 5.08. The van der Waals surface area contributed by atoms with E-state index in [4.69, 9.17) is 4.98 Å². The normalized spacial score (nSPS) is 12.0. The Balaban J connectivity index is 1.27. The Morgan fingerprint density at radius 1 is 0.500 bits per heavy atom. The molecular weight excluding hydrogens is 510 g/mol. The molecule has 7 aromatic rings. The van der Waals surface area contributed by atoms with Crippen LogP contribution in [0.15, 0.2) is 146 Å². The minimum atomic E-state index is 0.862. The summed E-state index contributed by atoms with van der Waals surface area (Å²) in [4.78, 5) is 7.49. The van der Waals surface area contributed by atoms with Gasteiger partial charge in [-0.3, -0.25) is 4.57 Å². The lowest BCUT2D eigenvalue weighted by Gasteiger charge is -2.34. The van der Waals surface area contributed by atoms with Gasteiger partial charge in [0, 0.05) is 17.7 Å². The highest BCUT2D eigenvalue weighted by molar-refractivity contribution is 6.07. The Bertz CT molecular complexity index is 2040. The summed E-state index contributed by atoms with van der Waals surface area (Å²) in [6.45, 7) is 2.18. The molecule has 0 bridgehead atoms. The minimum absolute atomic E-state index is 0.862. The maximum Gasteiger partial charge on any atom is 0.114 e. The summed E-state index contributed by atoms with van der Waals surface area (Å²) in [5.74, 6) is 1.08. The predicted molar refractivity (Wildman–Crippen MR) is 175 cm³/mol. The second-order valence-electron chi connectivity index (χ2n) is 10.7. The molecule has 0 fully saturated rings. The number of anilines is 3. The third kappa shape index (κ3) is 3.86. The molecule has 0 N–H and O–H groups in total. The molecule has 1 aliphatic heterocycles. The van der Waals surface area contributed by atoms with Gasteiger partial charge in [-0.05, 0) is 64.2 Å². The van der Waals surface area contributed by atoms with Gasteiger partial charge in [0.05, 0.1) is 28.1 Å². The lowest BCUT2D eigenvalue weighted by molar-refractivity contribution is 0.900. The molecule has 8 rings (SSSR count). The fourth-order valence-corrected chi connectivity index (χ4v) is 6.29. The number of aromatic nitrogens is 2. The number of rotatable bonds is 5. The zero-order valence-corrected chi connectivity index (χ0v) is 23.4. The molecule has 1 aliphatic rings. The first-order valence-electron chi connectivity index (χ1n) is 14.6. The van der Waals surface area contributed by atoms with Crippen molar-refractivity contribution in [3.05, 3.63) is 151 Å². The monoisotopic (exact) mass is 539 g/mol. The first-order valence-corrected chi connectivity index (χ1v) is 14.6. The first-order chi connectivity index (χ1) is 20.8. The number of hydrogen-bond donors (Lipinski definition) is 0. The van der Waals surface area contributed by atoms with Gasteiger partial charge in [-0.25, -0.2) is 4.98 Å². The molecule has 200 valence electrons. The average molecular weight is 540 g/mol. The molecule has 0 unspecified atom stereocenters. The van der Waals surface area contributed by atoms with E-state index in [1.54, 1.807) is 0 Å². The van der Waals surface area contributed by atoms with Crippen molar-refractivity contribution < 1.29 is 0 Å². The van der Waals surface area contributed by atoms with Crippen molar-refractivity contribution in [1.29, 1.82) is 0 Å². The second-order valence-corrected chi connectivity index (χ2v) is 10.7. The van der Waals surface area contributed by atoms with E-state index in [0.29, 0.717) is 0 Å². The van der Waals surface area contributed by atoms with E-state index >= 15 is 0 Å². The summed E-state index contributed by atoms with van der Waals surface area (Å²) in [6, 6.07) is 52.1. The van der Waals surface area contributed by atoms with Gasteiger partial charge in [-0.15, -0.1) is 0 Å². The van der Waals surface area contributed by atoms with Crippen LogP contribution in [-0.2, 0) is 6.42 Å². The number of aryl methyl sites for hydroxylation is 1. The number of benzene rings is 6. The molecule has 42 heavy (non-hydrogen) atoms. The summed E-state index contributed by atoms with van der Waals surface area (Å²) >= 11 is 0. The summed E-state index contributed by atoms with van der Waals surface area (Å²) < 4.78 is 2.37. The SMILES string of the molecule is CCc1nc2ccc(-c3ccc(-c4ccc(-c5ccccc5)cc4)cc3)c3c2n1-c1ccccc1N3c1ccccc1. The van der Waals surface area contributed by atoms with E-state index < -0.39 is 0 Å². The van der Waals surface area contributed by atoms with Gasteiger partial charge in [0.15, 0.2) is 0 Å². The third-order valence-electron chi connectivity index (χ3n) is 8.30. The molecule has 1 aromatic heterocycles. The zero-order chi connectivity index (χ0) is 28.0. The Kier molecular flexibility index (Phi) is 5.75. The zero-order valence-electron chi connectivity index (χ0n) is 23.4. The highest BCUT2D eigenvalue weighted by Gasteiger charge is 2.30. The molecule has 0 saturated carbocycles. The Labute approximate surface area is 246 Å². The van der Waals surface area contributed by atoms with E-state index in [9.17, 15) is 0 Å². The smallest absolute Gasteiger partial charge is 0.114 e. The van der Waals surface area contributed by atoms with E-state index in [0.717, 1.165) is 34.7 Å². The van der Waals surface area contributed by atoms with Gasteiger partial charge >= 0.3 is 0 Å². The standard InChI is InChI=1S/C39H29N3/c1-2-37-40-34-26-25-33(31-23-21-30(22-24-31)29-19-17-28(18-20-29)27-11-5-3-6-12-27)38-39(34)42(37)36-16-10-9-15-35(36)41(38)32-13-7-4-8-14-32/h3-26H,2H2,1H3. The van der Waals surface area contributed by atoms with E-state index in [1.165, 1.54) is 44.8 Å². The Morgan fingerprint density at radius 2 is 1.02 bits per heavy atom. The fraction of sp³-hybridized carbons (Fsp3) is 0.0513. The fourth-order valence-electron chi connectivity index (χ4n) is 6.29. The van der Waals surface area contributed by atoms with Crippen LogP contribution in [0.2, 0.25) is 0 Å². The topological polar surface area (TPSA) is 21.1 Å². The molecule has 0 radical (unpaired) electrons. The van der Waals surface area contributed by atoms with E-state index in [-0.39, 0.29) is 0 Å². The van der Waals surface area contributed by atoms with Crippen LogP contribution in [0.3, 0.4) is 0 Å². The van der Waals surface area contributed by atoms with Gasteiger partial charge < -0.3 is 4.90 Å². The molecule has 3 heteroatoms. The lowest BCUT2D eigenvalue weighted by atomic mass is 9.95. The Hall–Kier alpha value is -5.41. The number of fused-ring (bicyclic) bond motifs is 2. The van der Waals surface area contributed by atoms with Gasteiger partial charge in [0.25, 0.3) is 0 Å². The first kappa shape index (κ1) is 24.4. The molecule has 3 nitrogen and oxygen atoms in total. The van der Waals surface area contributed by atoms with Crippen molar-refractivity contribution in [2.45, 2.75) is 13.3 Å². The van der Waals surface area contributed by atoms with Gasteiger partial charge in [0.1, 0.15) is 5.82 Å². The van der Waals surface area contributed by atoms with Crippen LogP contribution in [0.5, 0.6) is 0 Å². The number of para-hydroxylation sites is 3. The van der Waals surface area contributed by atoms with Crippen molar-refractivity contribution in [2.75, 3.05) is 4.90 Å². The van der Waals surface area contributed by atoms with Crippen LogP contribution in [0.4, 0.5) is 17.1 Å². The van der Waals surface area contributed by atoms with Crippen molar-refractivity contribution in [1.82, 2.24) is 9.55 Å². The molecule has 6 aromatic carbocycles. The van der Waals surface area contributed by atoms with Crippen molar-refractivity contribution in [3.63, 3.8) is 0 Å². The van der Waals surface area contributed by atoms with Crippen LogP contribution >= 0.6 is 0 Å². The average Bonchev–Trinajstić information content (AvgIpc) is 3.46. The molecular formula is C39H29N3. The van der Waals surface area contributed by atoms with Crippen LogP contribution in [-0.4, -0.2) is 9.55 Å². The van der Waals surface area contributed by atoms with Crippen molar-refractivity contribution in [3.8, 4) is 39.1 Å². The number of nitrogens with zero attached hydrogens (tertiary/aromatic N) is 3. The predicted octanol–water partition coefficient (Wildman–Crippen LogP) is 10.4. The molecule has 0 spiro atoms. The summed E-state index contributed by atoms with van der Waals surface area (Å²) in [5.41, 5.74) is 14.1. The summed E-state index contributed by atoms with van der Waals surface area (Å²) in [7, 11) is 0. The van der Waals surface area contributed by atoms with Crippen LogP contribution in [0.1, 0.15) is 12.7 Å². The van der Waals surface area contributed by atoms with Crippen LogP contribution < -0.4 is 4.90 Å². The highest BCUT2D eigenvalue weighted by atomic mass is 15.2. The Morgan fingerprint density at radius 3 is 1.64 bits per heavy atom. The van der Waals surface area contributed by atoms with Crippen LogP contribution in [0.25, 0.3) is 50.1 Å². The molecule has 0 saturated heterocycles. The summed E-state index contributed by atoms with van der Waals surface area (Å²) in [6.07, 6.45) is 0.862. The quantitative estimate of drug-likeness (QED) is 0.217. The van der Waals surface area contributed by atoms with Gasteiger partial charge in [0.2, 0.25) is 0 Å². The van der Waals surface area contributed by atoms with Gasteiger partial charge in [-0.2, -0.15) is 0 Å². The third-order valence-corrected chi connectivity index (χ3v) is 8.30. The van der Waals surface area contributed by atoms with Crippen molar-refractivity contribution >= 4 is 28.1 Å². The largest absolute Gasteiger partial charge is 0.306 e. The molecule has 0 aliphatic carbocycles. The summed E-state index contributed by atoms with van der Waals surface area (Å²) in [5, 5.41) is 0. The second kappa shape index (κ2) is 9.90. The number of hydrogen-bond acceptors (Lipinski definition) is 2. The van der Waals surface area contributed by atoms with Crippen LogP contribution in [0, 0.1) is 0 Å². The number of imidazole rings is 1. The van der Waals surface area contributed by atoms with E-state index in [2.05, 4.69) is 162 Å². The molecule has 0 atom stereocenters. The molecule has 2 heterocycles. The lowest BCUT2D eigenvalue weighted by Crippen LogP contribution is -2.19. The van der Waals surface area contributed by atoms with Crippen molar-refractivity contribution in [2.24, 2.45) is 0 Å². The molecule has 0 amide bonds.